The molecular weight excluding hydrogens is 312 g/mol. The van der Waals surface area contributed by atoms with E-state index in [0.717, 1.165) is 42.1 Å². The van der Waals surface area contributed by atoms with Gasteiger partial charge >= 0.3 is 0 Å². The van der Waals surface area contributed by atoms with Gasteiger partial charge in [-0.05, 0) is 60.8 Å². The lowest BCUT2D eigenvalue weighted by molar-refractivity contribution is -0.394. The Kier molecular flexibility index (Phi) is 2.84. The van der Waals surface area contributed by atoms with Gasteiger partial charge in [0.2, 0.25) is 0 Å². The molecule has 0 aromatic heterocycles. The fourth-order valence-electron chi connectivity index (χ4n) is 6.33. The number of hydrogen-bond donors (Lipinski definition) is 0. The van der Waals surface area contributed by atoms with Gasteiger partial charge in [-0.15, -0.1) is 0 Å². The number of fused-ring (bicyclic) bond motifs is 2. The summed E-state index contributed by atoms with van der Waals surface area (Å²) in [6.07, 6.45) is 4.01. The molecule has 0 heterocycles. The molecule has 7 heteroatoms. The van der Waals surface area contributed by atoms with Crippen LogP contribution in [-0.2, 0) is 11.3 Å². The Morgan fingerprint density at radius 1 is 1.00 bits per heavy atom. The second kappa shape index (κ2) is 4.75. The summed E-state index contributed by atoms with van der Waals surface area (Å²) in [5.41, 5.74) is -0.0624. The highest BCUT2D eigenvalue weighted by Gasteiger charge is 2.73. The summed E-state index contributed by atoms with van der Waals surface area (Å²) < 4.78 is 6.09. The Labute approximate surface area is 138 Å². The minimum atomic E-state index is -0.614. The number of ether oxygens (including phenoxy) is 1. The van der Waals surface area contributed by atoms with Gasteiger partial charge in [0.05, 0.1) is 34.2 Å². The molecule has 4 fully saturated rings. The average Bonchev–Trinajstić information content (AvgIpc) is 2.81. The predicted octanol–water partition coefficient (Wildman–Crippen LogP) is 3.31. The summed E-state index contributed by atoms with van der Waals surface area (Å²) >= 11 is 0. The molecule has 0 radical (unpaired) electrons. The third-order valence-electron chi connectivity index (χ3n) is 7.11. The first-order valence-electron chi connectivity index (χ1n) is 8.59. The van der Waals surface area contributed by atoms with Crippen LogP contribution in [0.15, 0.2) is 18.2 Å². The van der Waals surface area contributed by atoms with Crippen LogP contribution in [0.1, 0.15) is 24.8 Å². The van der Waals surface area contributed by atoms with E-state index < -0.39 is 9.85 Å². The summed E-state index contributed by atoms with van der Waals surface area (Å²) in [5, 5.41) is 22.0. The molecule has 4 aliphatic carbocycles. The zero-order valence-electron chi connectivity index (χ0n) is 13.0. The van der Waals surface area contributed by atoms with Crippen molar-refractivity contribution < 1.29 is 14.6 Å². The van der Waals surface area contributed by atoms with Crippen molar-refractivity contribution in [2.75, 3.05) is 0 Å². The van der Waals surface area contributed by atoms with Crippen LogP contribution >= 0.6 is 0 Å². The standard InChI is InChI=1S/C17H18N2O5/c20-18(21)9-2-1-8(13(5-9)19(22)23)7-24-14-6-12-10-3-4-11-15(10)17(12)16(11)14/h1-2,5,10-12,14-17H,3-4,6-7H2/t10-,11-,12-,14+,15-,16-,17-/m0/s1. The summed E-state index contributed by atoms with van der Waals surface area (Å²) in [4.78, 5) is 20.8. The van der Waals surface area contributed by atoms with Crippen LogP contribution < -0.4 is 0 Å². The molecule has 1 aromatic rings. The minimum absolute atomic E-state index is 0.164. The molecule has 0 N–H and O–H groups in total. The van der Waals surface area contributed by atoms with E-state index in [2.05, 4.69) is 0 Å². The summed E-state index contributed by atoms with van der Waals surface area (Å²) in [7, 11) is 0. The molecule has 0 bridgehead atoms. The molecule has 24 heavy (non-hydrogen) atoms. The number of hydrogen-bond acceptors (Lipinski definition) is 5. The van der Waals surface area contributed by atoms with E-state index in [0.29, 0.717) is 11.5 Å². The van der Waals surface area contributed by atoms with Gasteiger partial charge in [-0.1, -0.05) is 0 Å². The Balaban J connectivity index is 1.32. The molecule has 0 saturated heterocycles. The zero-order valence-corrected chi connectivity index (χ0v) is 13.0. The van der Waals surface area contributed by atoms with Crippen molar-refractivity contribution in [1.29, 1.82) is 0 Å². The van der Waals surface area contributed by atoms with Gasteiger partial charge in [-0.2, -0.15) is 0 Å². The molecule has 7 atom stereocenters. The molecular formula is C17H18N2O5. The summed E-state index contributed by atoms with van der Waals surface area (Å²) in [6, 6.07) is 3.79. The van der Waals surface area contributed by atoms with Gasteiger partial charge in [0.25, 0.3) is 11.4 Å². The number of rotatable bonds is 5. The van der Waals surface area contributed by atoms with E-state index in [-0.39, 0.29) is 24.1 Å². The van der Waals surface area contributed by atoms with Crippen molar-refractivity contribution in [3.8, 4) is 0 Å². The lowest BCUT2D eigenvalue weighted by Crippen LogP contribution is -2.57. The highest BCUT2D eigenvalue weighted by Crippen LogP contribution is 2.77. The molecule has 7 nitrogen and oxygen atoms in total. The summed E-state index contributed by atoms with van der Waals surface area (Å²) in [5.74, 6) is 4.99. The largest absolute Gasteiger partial charge is 0.373 e. The van der Waals surface area contributed by atoms with Crippen LogP contribution in [0, 0.1) is 55.7 Å². The molecule has 4 aliphatic rings. The lowest BCUT2D eigenvalue weighted by atomic mass is 9.45. The number of benzene rings is 1. The van der Waals surface area contributed by atoms with Crippen LogP contribution in [-0.4, -0.2) is 16.0 Å². The molecule has 5 rings (SSSR count). The third kappa shape index (κ3) is 1.70. The molecule has 4 saturated carbocycles. The maximum absolute atomic E-state index is 11.2. The quantitative estimate of drug-likeness (QED) is 0.609. The SMILES string of the molecule is O=[N+]([O-])c1ccc(CO[C@@H]2C[C@H]3[C@@H]4CC[C@H]5[C@H]4[C@H]3[C@@H]52)c([N+](=O)[O-])c1. The van der Waals surface area contributed by atoms with Gasteiger partial charge in [0.1, 0.15) is 0 Å². The van der Waals surface area contributed by atoms with Crippen LogP contribution in [0.5, 0.6) is 0 Å². The highest BCUT2D eigenvalue weighted by atomic mass is 16.6. The second-order valence-electron chi connectivity index (χ2n) is 7.71. The van der Waals surface area contributed by atoms with Crippen molar-refractivity contribution in [1.82, 2.24) is 0 Å². The van der Waals surface area contributed by atoms with Gasteiger partial charge in [-0.3, -0.25) is 20.2 Å². The van der Waals surface area contributed by atoms with Crippen LogP contribution in [0.4, 0.5) is 11.4 Å². The third-order valence-corrected chi connectivity index (χ3v) is 7.11. The van der Waals surface area contributed by atoms with Gasteiger partial charge in [-0.25, -0.2) is 0 Å². The Hall–Kier alpha value is -2.02. The monoisotopic (exact) mass is 330 g/mol. The van der Waals surface area contributed by atoms with E-state index in [1.165, 1.54) is 25.0 Å². The van der Waals surface area contributed by atoms with Gasteiger partial charge < -0.3 is 4.74 Å². The molecule has 0 unspecified atom stereocenters. The van der Waals surface area contributed by atoms with Crippen molar-refractivity contribution in [2.45, 2.75) is 32.0 Å². The van der Waals surface area contributed by atoms with Crippen molar-refractivity contribution in [3.63, 3.8) is 0 Å². The average molecular weight is 330 g/mol. The fourth-order valence-corrected chi connectivity index (χ4v) is 6.33. The lowest BCUT2D eigenvalue weighted by Gasteiger charge is -2.60. The first-order valence-corrected chi connectivity index (χ1v) is 8.59. The maximum Gasteiger partial charge on any atom is 0.281 e. The molecule has 1 aromatic carbocycles. The van der Waals surface area contributed by atoms with Crippen molar-refractivity contribution in [2.24, 2.45) is 35.5 Å². The zero-order chi connectivity index (χ0) is 16.6. The Bertz CT molecular complexity index is 740. The number of nitro benzene ring substituents is 2. The van der Waals surface area contributed by atoms with E-state index in [1.807, 2.05) is 0 Å². The maximum atomic E-state index is 11.2. The fraction of sp³-hybridized carbons (Fsp3) is 0.647. The van der Waals surface area contributed by atoms with Gasteiger partial charge in [0, 0.05) is 6.07 Å². The normalized spacial score (nSPS) is 40.6. The van der Waals surface area contributed by atoms with E-state index in [4.69, 9.17) is 4.74 Å². The van der Waals surface area contributed by atoms with Crippen LogP contribution in [0.2, 0.25) is 0 Å². The number of nitro groups is 2. The van der Waals surface area contributed by atoms with E-state index >= 15 is 0 Å². The molecule has 0 spiro atoms. The van der Waals surface area contributed by atoms with Crippen LogP contribution in [0.3, 0.4) is 0 Å². The summed E-state index contributed by atoms with van der Waals surface area (Å²) in [6.45, 7) is 0.164. The molecule has 126 valence electrons. The van der Waals surface area contributed by atoms with Crippen LogP contribution in [0.25, 0.3) is 0 Å². The number of non-ortho nitro benzene ring substituents is 1. The first-order chi connectivity index (χ1) is 11.6. The molecule has 0 amide bonds. The Morgan fingerprint density at radius 2 is 1.79 bits per heavy atom. The second-order valence-corrected chi connectivity index (χ2v) is 7.71. The number of nitrogens with zero attached hydrogens (tertiary/aromatic N) is 2. The van der Waals surface area contributed by atoms with E-state index in [1.54, 1.807) is 0 Å². The van der Waals surface area contributed by atoms with Crippen molar-refractivity contribution in [3.05, 3.63) is 44.0 Å². The first kappa shape index (κ1) is 14.3. The smallest absolute Gasteiger partial charge is 0.281 e. The minimum Gasteiger partial charge on any atom is -0.373 e. The predicted molar refractivity (Wildman–Crippen MR) is 83.1 cm³/mol. The van der Waals surface area contributed by atoms with E-state index in [9.17, 15) is 20.2 Å². The molecule has 0 aliphatic heterocycles. The van der Waals surface area contributed by atoms with Gasteiger partial charge in [0.15, 0.2) is 0 Å². The highest BCUT2D eigenvalue weighted by molar-refractivity contribution is 5.48. The van der Waals surface area contributed by atoms with Crippen molar-refractivity contribution >= 4 is 11.4 Å². The topological polar surface area (TPSA) is 95.5 Å². The Morgan fingerprint density at radius 3 is 2.54 bits per heavy atom.